The van der Waals surface area contributed by atoms with Crippen molar-refractivity contribution in [2.45, 2.75) is 32.4 Å². The number of benzene rings is 1. The van der Waals surface area contributed by atoms with E-state index in [1.54, 1.807) is 13.8 Å². The van der Waals surface area contributed by atoms with Gasteiger partial charge in [0, 0.05) is 18.2 Å². The van der Waals surface area contributed by atoms with Crippen molar-refractivity contribution in [3.63, 3.8) is 0 Å². The Labute approximate surface area is 115 Å². The first-order valence-electron chi connectivity index (χ1n) is 5.74. The number of nitro groups is 1. The van der Waals surface area contributed by atoms with Crippen LogP contribution < -0.4 is 5.32 Å². The molecule has 1 aromatic rings. The number of rotatable bonds is 5. The van der Waals surface area contributed by atoms with Gasteiger partial charge in [-0.05, 0) is 26.3 Å². The van der Waals surface area contributed by atoms with Crippen molar-refractivity contribution < 1.29 is 14.8 Å². The number of nitrogens with one attached hydrogen (secondary N) is 1. The fourth-order valence-electron chi connectivity index (χ4n) is 1.67. The molecule has 104 valence electrons. The first kappa shape index (κ1) is 15.4. The van der Waals surface area contributed by atoms with Crippen molar-refractivity contribution in [1.29, 1.82) is 0 Å². The Bertz CT molecular complexity index is 491. The monoisotopic (exact) mass is 286 g/mol. The molecule has 0 heterocycles. The predicted molar refractivity (Wildman–Crippen MR) is 71.3 cm³/mol. The van der Waals surface area contributed by atoms with Crippen molar-refractivity contribution >= 4 is 23.2 Å². The summed E-state index contributed by atoms with van der Waals surface area (Å²) in [4.78, 5) is 21.9. The maximum absolute atomic E-state index is 11.9. The van der Waals surface area contributed by atoms with Crippen LogP contribution in [-0.2, 0) is 0 Å². The summed E-state index contributed by atoms with van der Waals surface area (Å²) in [6.07, 6.45) is -0.112. The molecule has 0 aliphatic rings. The normalized spacial score (nSPS) is 13.7. The van der Waals surface area contributed by atoms with Crippen LogP contribution in [0.4, 0.5) is 5.69 Å². The minimum Gasteiger partial charge on any atom is -0.393 e. The van der Waals surface area contributed by atoms with Gasteiger partial charge < -0.3 is 10.4 Å². The molecule has 2 unspecified atom stereocenters. The lowest BCUT2D eigenvalue weighted by Gasteiger charge is -2.15. The summed E-state index contributed by atoms with van der Waals surface area (Å²) in [5.74, 6) is -0.423. The SMILES string of the molecule is CC(O)CC(C)NC(=O)c1ccc([N+](=O)[O-])cc1Cl. The summed E-state index contributed by atoms with van der Waals surface area (Å²) in [5, 5.41) is 22.4. The smallest absolute Gasteiger partial charge is 0.270 e. The van der Waals surface area contributed by atoms with Crippen molar-refractivity contribution in [2.75, 3.05) is 0 Å². The second-order valence-electron chi connectivity index (χ2n) is 4.38. The molecule has 0 saturated heterocycles. The molecule has 1 amide bonds. The summed E-state index contributed by atoms with van der Waals surface area (Å²) in [7, 11) is 0. The molecule has 2 atom stereocenters. The fraction of sp³-hybridized carbons (Fsp3) is 0.417. The maximum Gasteiger partial charge on any atom is 0.270 e. The van der Waals surface area contributed by atoms with E-state index in [4.69, 9.17) is 11.6 Å². The molecule has 19 heavy (non-hydrogen) atoms. The van der Waals surface area contributed by atoms with E-state index >= 15 is 0 Å². The van der Waals surface area contributed by atoms with E-state index in [9.17, 15) is 20.0 Å². The van der Waals surface area contributed by atoms with E-state index < -0.39 is 16.9 Å². The van der Waals surface area contributed by atoms with E-state index in [1.807, 2.05) is 0 Å². The number of nitrogens with zero attached hydrogens (tertiary/aromatic N) is 1. The molecule has 0 fully saturated rings. The molecule has 0 aliphatic heterocycles. The van der Waals surface area contributed by atoms with E-state index in [1.165, 1.54) is 12.1 Å². The van der Waals surface area contributed by atoms with Gasteiger partial charge in [-0.25, -0.2) is 0 Å². The third-order valence-corrected chi connectivity index (χ3v) is 2.79. The molecule has 0 aliphatic carbocycles. The summed E-state index contributed by atoms with van der Waals surface area (Å²) in [5.41, 5.74) is 0.00304. The summed E-state index contributed by atoms with van der Waals surface area (Å²) >= 11 is 5.84. The highest BCUT2D eigenvalue weighted by molar-refractivity contribution is 6.34. The first-order valence-corrected chi connectivity index (χ1v) is 6.12. The Balaban J connectivity index is 2.80. The zero-order valence-electron chi connectivity index (χ0n) is 10.6. The highest BCUT2D eigenvalue weighted by Crippen LogP contribution is 2.22. The Morgan fingerprint density at radius 3 is 2.63 bits per heavy atom. The molecular formula is C12H15ClN2O4. The van der Waals surface area contributed by atoms with Crippen LogP contribution in [0.3, 0.4) is 0 Å². The molecule has 0 radical (unpaired) electrons. The zero-order valence-corrected chi connectivity index (χ0v) is 11.3. The van der Waals surface area contributed by atoms with Crippen LogP contribution in [-0.4, -0.2) is 28.1 Å². The van der Waals surface area contributed by atoms with Crippen LogP contribution in [0.2, 0.25) is 5.02 Å². The van der Waals surface area contributed by atoms with Crippen LogP contribution in [0, 0.1) is 10.1 Å². The van der Waals surface area contributed by atoms with E-state index in [-0.39, 0.29) is 22.3 Å². The molecule has 0 bridgehead atoms. The highest BCUT2D eigenvalue weighted by atomic mass is 35.5. The number of carbonyl (C=O) groups is 1. The van der Waals surface area contributed by atoms with E-state index in [2.05, 4.69) is 5.32 Å². The Morgan fingerprint density at radius 1 is 1.53 bits per heavy atom. The average Bonchev–Trinajstić information content (AvgIpc) is 2.26. The second kappa shape index (κ2) is 6.49. The van der Waals surface area contributed by atoms with Gasteiger partial charge in [0.25, 0.3) is 11.6 Å². The van der Waals surface area contributed by atoms with Crippen molar-refractivity contribution in [1.82, 2.24) is 5.32 Å². The molecule has 0 aromatic heterocycles. The van der Waals surface area contributed by atoms with Crippen LogP contribution in [0.1, 0.15) is 30.6 Å². The molecule has 0 spiro atoms. The van der Waals surface area contributed by atoms with Gasteiger partial charge in [-0.2, -0.15) is 0 Å². The quantitative estimate of drug-likeness (QED) is 0.640. The average molecular weight is 287 g/mol. The van der Waals surface area contributed by atoms with Crippen LogP contribution in [0.5, 0.6) is 0 Å². The van der Waals surface area contributed by atoms with Crippen molar-refractivity contribution in [3.8, 4) is 0 Å². The Hall–Kier alpha value is -1.66. The summed E-state index contributed by atoms with van der Waals surface area (Å²) in [6.45, 7) is 3.38. The van der Waals surface area contributed by atoms with Crippen LogP contribution in [0.15, 0.2) is 18.2 Å². The van der Waals surface area contributed by atoms with Gasteiger partial charge in [-0.15, -0.1) is 0 Å². The Morgan fingerprint density at radius 2 is 2.16 bits per heavy atom. The molecule has 0 saturated carbocycles. The summed E-state index contributed by atoms with van der Waals surface area (Å²) < 4.78 is 0. The van der Waals surface area contributed by atoms with Crippen LogP contribution in [0.25, 0.3) is 0 Å². The number of amides is 1. The second-order valence-corrected chi connectivity index (χ2v) is 4.79. The number of aliphatic hydroxyl groups excluding tert-OH is 1. The Kier molecular flexibility index (Phi) is 5.26. The van der Waals surface area contributed by atoms with Crippen molar-refractivity contribution in [2.24, 2.45) is 0 Å². The minimum atomic E-state index is -0.580. The van der Waals surface area contributed by atoms with Gasteiger partial charge in [-0.1, -0.05) is 11.6 Å². The number of aliphatic hydroxyl groups is 1. The highest BCUT2D eigenvalue weighted by Gasteiger charge is 2.17. The lowest BCUT2D eigenvalue weighted by Crippen LogP contribution is -2.34. The number of carbonyl (C=O) groups excluding carboxylic acids is 1. The number of non-ortho nitro benzene ring substituents is 1. The summed E-state index contributed by atoms with van der Waals surface area (Å²) in [6, 6.07) is 3.44. The number of nitro benzene ring substituents is 1. The van der Waals surface area contributed by atoms with Crippen LogP contribution >= 0.6 is 11.6 Å². The number of hydrogen-bond donors (Lipinski definition) is 2. The molecule has 2 N–H and O–H groups in total. The number of hydrogen-bond acceptors (Lipinski definition) is 4. The first-order chi connectivity index (χ1) is 8.81. The van der Waals surface area contributed by atoms with E-state index in [0.717, 1.165) is 6.07 Å². The van der Waals surface area contributed by atoms with Gasteiger partial charge in [0.2, 0.25) is 0 Å². The molecule has 1 rings (SSSR count). The van der Waals surface area contributed by atoms with Gasteiger partial charge >= 0.3 is 0 Å². The van der Waals surface area contributed by atoms with Gasteiger partial charge in [-0.3, -0.25) is 14.9 Å². The van der Waals surface area contributed by atoms with Gasteiger partial charge in [0.1, 0.15) is 0 Å². The molecular weight excluding hydrogens is 272 g/mol. The standard InChI is InChI=1S/C12H15ClN2O4/c1-7(5-8(2)16)14-12(17)10-4-3-9(15(18)19)6-11(10)13/h3-4,6-8,16H,5H2,1-2H3,(H,14,17). The third kappa shape index (κ3) is 4.50. The number of halogens is 1. The largest absolute Gasteiger partial charge is 0.393 e. The molecule has 6 nitrogen and oxygen atoms in total. The lowest BCUT2D eigenvalue weighted by molar-refractivity contribution is -0.384. The minimum absolute atomic E-state index is 0.0240. The van der Waals surface area contributed by atoms with Gasteiger partial charge in [0.05, 0.1) is 21.6 Å². The molecule has 1 aromatic carbocycles. The molecule has 7 heteroatoms. The lowest BCUT2D eigenvalue weighted by atomic mass is 10.1. The predicted octanol–water partition coefficient (Wildman–Crippen LogP) is 2.14. The topological polar surface area (TPSA) is 92.5 Å². The zero-order chi connectivity index (χ0) is 14.6. The third-order valence-electron chi connectivity index (χ3n) is 2.48. The fourth-order valence-corrected chi connectivity index (χ4v) is 1.93. The maximum atomic E-state index is 11.9. The van der Waals surface area contributed by atoms with Crippen molar-refractivity contribution in [3.05, 3.63) is 38.9 Å². The van der Waals surface area contributed by atoms with E-state index in [0.29, 0.717) is 6.42 Å². The van der Waals surface area contributed by atoms with Gasteiger partial charge in [0.15, 0.2) is 0 Å².